The monoisotopic (exact) mass is 405 g/mol. The largest absolute Gasteiger partial charge is 0.486 e. The topological polar surface area (TPSA) is 76.0 Å². The Hall–Kier alpha value is -2.38. The summed E-state index contributed by atoms with van der Waals surface area (Å²) in [5.74, 6) is 2.05. The van der Waals surface area contributed by atoms with Crippen molar-refractivity contribution in [1.82, 2.24) is 15.5 Å². The van der Waals surface area contributed by atoms with E-state index >= 15 is 0 Å². The molecule has 28 heavy (non-hydrogen) atoms. The van der Waals surface area contributed by atoms with Crippen LogP contribution in [0.15, 0.2) is 34.9 Å². The summed E-state index contributed by atoms with van der Waals surface area (Å²) < 4.78 is 16.7. The fraction of sp³-hybridized carbons (Fsp3) is 0.450. The van der Waals surface area contributed by atoms with Crippen LogP contribution in [-0.4, -0.2) is 43.8 Å². The van der Waals surface area contributed by atoms with Gasteiger partial charge in [0.2, 0.25) is 0 Å². The van der Waals surface area contributed by atoms with Gasteiger partial charge in [0.05, 0.1) is 17.3 Å². The quantitative estimate of drug-likeness (QED) is 0.770. The van der Waals surface area contributed by atoms with Gasteiger partial charge in [-0.25, -0.2) is 4.79 Å². The number of ether oxygens (including phenoxy) is 2. The molecule has 2 aliphatic heterocycles. The molecule has 0 bridgehead atoms. The molecule has 1 unspecified atom stereocenters. The highest BCUT2D eigenvalue weighted by molar-refractivity contribution is 6.32. The van der Waals surface area contributed by atoms with Gasteiger partial charge in [-0.2, -0.15) is 0 Å². The molecule has 2 aliphatic rings. The molecular formula is C20H24ClN3O4. The Morgan fingerprint density at radius 2 is 2.00 bits per heavy atom. The van der Waals surface area contributed by atoms with Crippen molar-refractivity contribution in [3.63, 3.8) is 0 Å². The number of amides is 2. The molecule has 150 valence electrons. The van der Waals surface area contributed by atoms with Crippen LogP contribution in [0.5, 0.6) is 11.5 Å². The number of nitrogens with one attached hydrogen (secondary N) is 2. The van der Waals surface area contributed by atoms with E-state index in [4.69, 9.17) is 25.5 Å². The van der Waals surface area contributed by atoms with Crippen LogP contribution in [0, 0.1) is 0 Å². The summed E-state index contributed by atoms with van der Waals surface area (Å²) in [6, 6.07) is 7.28. The Morgan fingerprint density at radius 3 is 2.79 bits per heavy atom. The third kappa shape index (κ3) is 4.36. The van der Waals surface area contributed by atoms with E-state index in [1.54, 1.807) is 12.3 Å². The molecule has 1 atom stereocenters. The minimum atomic E-state index is -0.234. The number of carbonyl (C=O) groups excluding carboxylic acids is 1. The van der Waals surface area contributed by atoms with Gasteiger partial charge in [-0.15, -0.1) is 0 Å². The fourth-order valence-electron chi connectivity index (χ4n) is 3.64. The zero-order valence-electron chi connectivity index (χ0n) is 15.6. The van der Waals surface area contributed by atoms with Crippen molar-refractivity contribution in [2.24, 2.45) is 0 Å². The van der Waals surface area contributed by atoms with Gasteiger partial charge in [-0.1, -0.05) is 11.6 Å². The van der Waals surface area contributed by atoms with E-state index in [2.05, 4.69) is 15.5 Å². The number of hydrogen-bond acceptors (Lipinski definition) is 5. The van der Waals surface area contributed by atoms with Gasteiger partial charge in [-0.05, 0) is 55.8 Å². The Morgan fingerprint density at radius 1 is 1.18 bits per heavy atom. The fourth-order valence-corrected chi connectivity index (χ4v) is 3.93. The molecule has 2 aromatic rings. The molecule has 0 radical (unpaired) electrons. The minimum absolute atomic E-state index is 0.0481. The summed E-state index contributed by atoms with van der Waals surface area (Å²) in [5.41, 5.74) is 0.853. The highest BCUT2D eigenvalue weighted by Gasteiger charge is 2.26. The van der Waals surface area contributed by atoms with Crippen LogP contribution in [0.25, 0.3) is 0 Å². The van der Waals surface area contributed by atoms with Crippen LogP contribution in [0.4, 0.5) is 4.79 Å². The second-order valence-corrected chi connectivity index (χ2v) is 7.35. The number of benzene rings is 1. The Bertz CT molecular complexity index is 806. The van der Waals surface area contributed by atoms with Crippen LogP contribution in [0.3, 0.4) is 0 Å². The van der Waals surface area contributed by atoms with E-state index in [0.717, 1.165) is 24.4 Å². The van der Waals surface area contributed by atoms with Crippen molar-refractivity contribution >= 4 is 17.6 Å². The number of rotatable bonds is 6. The summed E-state index contributed by atoms with van der Waals surface area (Å²) in [6.45, 7) is 3.85. The van der Waals surface area contributed by atoms with E-state index in [0.29, 0.717) is 42.8 Å². The lowest BCUT2D eigenvalue weighted by atomic mass is 10.2. The standard InChI is InChI=1S/C20H24ClN3O4/c21-15-10-14(11-18-19(15)28-9-8-27-18)12-22-20(25)23-13-16(17-4-3-7-26-17)24-5-1-2-6-24/h3-4,7,10-11,16H,1-2,5-6,8-9,12-13H2,(H2,22,23,25). The first-order valence-corrected chi connectivity index (χ1v) is 9.95. The lowest BCUT2D eigenvalue weighted by molar-refractivity contribution is 0.171. The summed E-state index contributed by atoms with van der Waals surface area (Å²) >= 11 is 6.25. The number of nitrogens with zero attached hydrogens (tertiary/aromatic N) is 1. The van der Waals surface area contributed by atoms with Gasteiger partial charge >= 0.3 is 6.03 Å². The molecule has 0 aliphatic carbocycles. The number of urea groups is 1. The number of furan rings is 1. The first-order chi connectivity index (χ1) is 13.7. The first kappa shape index (κ1) is 19.0. The zero-order valence-corrected chi connectivity index (χ0v) is 16.3. The average Bonchev–Trinajstić information content (AvgIpc) is 3.41. The lowest BCUT2D eigenvalue weighted by Crippen LogP contribution is -2.41. The highest BCUT2D eigenvalue weighted by atomic mass is 35.5. The number of likely N-dealkylation sites (tertiary alicyclic amines) is 1. The van der Waals surface area contributed by atoms with Crippen molar-refractivity contribution in [3.05, 3.63) is 46.9 Å². The van der Waals surface area contributed by atoms with Gasteiger partial charge < -0.3 is 24.5 Å². The second-order valence-electron chi connectivity index (χ2n) is 6.94. The summed E-state index contributed by atoms with van der Waals surface area (Å²) in [7, 11) is 0. The van der Waals surface area contributed by atoms with Crippen LogP contribution in [0.1, 0.15) is 30.2 Å². The molecule has 2 N–H and O–H groups in total. The molecule has 8 heteroatoms. The Kier molecular flexibility index (Phi) is 5.92. The summed E-state index contributed by atoms with van der Waals surface area (Å²) in [6.07, 6.45) is 4.02. The maximum absolute atomic E-state index is 12.3. The van der Waals surface area contributed by atoms with Crippen LogP contribution in [-0.2, 0) is 6.54 Å². The highest BCUT2D eigenvalue weighted by Crippen LogP contribution is 2.38. The van der Waals surface area contributed by atoms with Gasteiger partial charge in [-0.3, -0.25) is 4.90 Å². The van der Waals surface area contributed by atoms with Crippen molar-refractivity contribution in [3.8, 4) is 11.5 Å². The predicted octanol–water partition coefficient (Wildman–Crippen LogP) is 3.34. The molecule has 1 aromatic carbocycles. The maximum Gasteiger partial charge on any atom is 0.315 e. The van der Waals surface area contributed by atoms with E-state index in [-0.39, 0.29) is 12.1 Å². The van der Waals surface area contributed by atoms with E-state index in [1.165, 1.54) is 12.8 Å². The van der Waals surface area contributed by atoms with E-state index < -0.39 is 0 Å². The average molecular weight is 406 g/mol. The van der Waals surface area contributed by atoms with Crippen LogP contribution in [0.2, 0.25) is 5.02 Å². The smallest absolute Gasteiger partial charge is 0.315 e. The normalized spacial score (nSPS) is 17.3. The van der Waals surface area contributed by atoms with Crippen LogP contribution >= 0.6 is 11.6 Å². The number of carbonyl (C=O) groups is 1. The number of fused-ring (bicyclic) bond motifs is 1. The molecular weight excluding hydrogens is 382 g/mol. The molecule has 2 amide bonds. The molecule has 1 fully saturated rings. The number of halogens is 1. The minimum Gasteiger partial charge on any atom is -0.486 e. The molecule has 1 aromatic heterocycles. The van der Waals surface area contributed by atoms with Crippen molar-refractivity contribution < 1.29 is 18.7 Å². The Balaban J connectivity index is 1.32. The molecule has 7 nitrogen and oxygen atoms in total. The molecule has 3 heterocycles. The third-order valence-corrected chi connectivity index (χ3v) is 5.30. The third-order valence-electron chi connectivity index (χ3n) is 5.02. The number of hydrogen-bond donors (Lipinski definition) is 2. The second kappa shape index (κ2) is 8.75. The molecule has 0 saturated carbocycles. The Labute approximate surface area is 168 Å². The van der Waals surface area contributed by atoms with Crippen molar-refractivity contribution in [2.45, 2.75) is 25.4 Å². The van der Waals surface area contributed by atoms with Gasteiger partial charge in [0, 0.05) is 13.1 Å². The summed E-state index contributed by atoms with van der Waals surface area (Å²) in [4.78, 5) is 14.7. The SMILES string of the molecule is O=C(NCc1cc(Cl)c2c(c1)OCCO2)NCC(c1ccco1)N1CCCC1. The van der Waals surface area contributed by atoms with Gasteiger partial charge in [0.1, 0.15) is 19.0 Å². The van der Waals surface area contributed by atoms with E-state index in [9.17, 15) is 4.79 Å². The van der Waals surface area contributed by atoms with Gasteiger partial charge in [0.15, 0.2) is 11.5 Å². The molecule has 4 rings (SSSR count). The molecule has 1 saturated heterocycles. The predicted molar refractivity (Wildman–Crippen MR) is 105 cm³/mol. The van der Waals surface area contributed by atoms with Crippen molar-refractivity contribution in [2.75, 3.05) is 32.8 Å². The van der Waals surface area contributed by atoms with Crippen LogP contribution < -0.4 is 20.1 Å². The van der Waals surface area contributed by atoms with Crippen molar-refractivity contribution in [1.29, 1.82) is 0 Å². The van der Waals surface area contributed by atoms with Gasteiger partial charge in [0.25, 0.3) is 0 Å². The summed E-state index contributed by atoms with van der Waals surface area (Å²) in [5, 5.41) is 6.31. The zero-order chi connectivity index (χ0) is 19.3. The maximum atomic E-state index is 12.3. The lowest BCUT2D eigenvalue weighted by Gasteiger charge is -2.26. The van der Waals surface area contributed by atoms with E-state index in [1.807, 2.05) is 18.2 Å². The molecule has 0 spiro atoms. The first-order valence-electron chi connectivity index (χ1n) is 9.58.